The second kappa shape index (κ2) is 8.62. The summed E-state index contributed by atoms with van der Waals surface area (Å²) in [5.74, 6) is -0.305. The summed E-state index contributed by atoms with van der Waals surface area (Å²) in [6, 6.07) is 15.4. The summed E-state index contributed by atoms with van der Waals surface area (Å²) in [4.78, 5) is 34.9. The van der Waals surface area contributed by atoms with Gasteiger partial charge in [0.1, 0.15) is 5.75 Å². The summed E-state index contributed by atoms with van der Waals surface area (Å²) < 4.78 is 5.19. The van der Waals surface area contributed by atoms with Crippen LogP contribution in [0.15, 0.2) is 54.6 Å². The van der Waals surface area contributed by atoms with Gasteiger partial charge < -0.3 is 10.1 Å². The molecule has 0 atom stereocenters. The second-order valence-corrected chi connectivity index (χ2v) is 5.28. The van der Waals surface area contributed by atoms with Crippen LogP contribution in [-0.2, 0) is 4.79 Å². The minimum absolute atomic E-state index is 0.0866. The van der Waals surface area contributed by atoms with E-state index < -0.39 is 5.97 Å². The molecule has 5 nitrogen and oxygen atoms in total. The molecule has 24 heavy (non-hydrogen) atoms. The van der Waals surface area contributed by atoms with Crippen molar-refractivity contribution in [1.82, 2.24) is 5.32 Å². The van der Waals surface area contributed by atoms with Crippen molar-refractivity contribution in [2.24, 2.45) is 0 Å². The van der Waals surface area contributed by atoms with E-state index in [1.807, 2.05) is 6.07 Å². The average Bonchev–Trinajstić information content (AvgIpc) is 2.59. The number of carbonyl (C=O) groups excluding carboxylic acids is 3. The molecule has 0 aliphatic rings. The molecule has 5 heteroatoms. The van der Waals surface area contributed by atoms with Gasteiger partial charge in [-0.3, -0.25) is 14.4 Å². The first kappa shape index (κ1) is 17.4. The lowest BCUT2D eigenvalue weighted by atomic mass is 10.1. The smallest absolute Gasteiger partial charge is 0.311 e. The van der Waals surface area contributed by atoms with Crippen molar-refractivity contribution in [3.63, 3.8) is 0 Å². The first-order valence-electron chi connectivity index (χ1n) is 7.71. The van der Waals surface area contributed by atoms with Crippen LogP contribution in [0.2, 0.25) is 0 Å². The third kappa shape index (κ3) is 5.35. The van der Waals surface area contributed by atoms with E-state index in [9.17, 15) is 14.4 Å². The maximum Gasteiger partial charge on any atom is 0.311 e. The van der Waals surface area contributed by atoms with Crippen molar-refractivity contribution >= 4 is 17.7 Å². The summed E-state index contributed by atoms with van der Waals surface area (Å²) in [7, 11) is 0. The van der Waals surface area contributed by atoms with Gasteiger partial charge in [-0.2, -0.15) is 0 Å². The van der Waals surface area contributed by atoms with E-state index in [1.54, 1.807) is 42.5 Å². The van der Waals surface area contributed by atoms with Gasteiger partial charge in [-0.05, 0) is 37.6 Å². The number of ether oxygens (including phenoxy) is 1. The molecule has 0 saturated carbocycles. The first-order chi connectivity index (χ1) is 11.6. The van der Waals surface area contributed by atoms with Gasteiger partial charge in [0, 0.05) is 24.1 Å². The molecule has 2 aromatic rings. The Hall–Kier alpha value is -2.95. The Morgan fingerprint density at radius 1 is 0.958 bits per heavy atom. The monoisotopic (exact) mass is 325 g/mol. The molecule has 0 spiro atoms. The molecule has 0 fully saturated rings. The minimum atomic E-state index is -0.398. The molecular formula is C19H19NO4. The predicted octanol–water partition coefficient (Wildman–Crippen LogP) is 3.00. The molecule has 2 rings (SSSR count). The molecule has 0 unspecified atom stereocenters. The van der Waals surface area contributed by atoms with Gasteiger partial charge in [0.2, 0.25) is 0 Å². The lowest BCUT2D eigenvalue weighted by Gasteiger charge is -2.07. The van der Waals surface area contributed by atoms with Crippen molar-refractivity contribution in [2.45, 2.75) is 19.8 Å². The molecule has 124 valence electrons. The first-order valence-corrected chi connectivity index (χ1v) is 7.71. The highest BCUT2D eigenvalue weighted by Gasteiger charge is 2.08. The fourth-order valence-corrected chi connectivity index (χ4v) is 2.09. The number of carbonyl (C=O) groups is 3. The van der Waals surface area contributed by atoms with Gasteiger partial charge in [0.25, 0.3) is 5.91 Å². The summed E-state index contributed by atoms with van der Waals surface area (Å²) >= 11 is 0. The fourth-order valence-electron chi connectivity index (χ4n) is 2.09. The van der Waals surface area contributed by atoms with Crippen LogP contribution in [0.25, 0.3) is 0 Å². The molecule has 1 N–H and O–H groups in total. The zero-order chi connectivity index (χ0) is 17.4. The molecule has 0 radical (unpaired) electrons. The van der Waals surface area contributed by atoms with Crippen LogP contribution in [0.4, 0.5) is 0 Å². The molecule has 0 heterocycles. The number of ketones is 1. The molecule has 0 saturated heterocycles. The Bertz CT molecular complexity index is 725. The number of esters is 1. The van der Waals surface area contributed by atoms with Crippen LogP contribution in [0, 0.1) is 0 Å². The Morgan fingerprint density at radius 3 is 2.38 bits per heavy atom. The molecule has 0 aliphatic heterocycles. The van der Waals surface area contributed by atoms with Crippen molar-refractivity contribution in [1.29, 1.82) is 0 Å². The number of rotatable bonds is 7. The molecule has 0 aromatic heterocycles. The highest BCUT2D eigenvalue weighted by atomic mass is 16.5. The summed E-state index contributed by atoms with van der Waals surface area (Å²) in [6.07, 6.45) is 0.656. The normalized spacial score (nSPS) is 10.0. The van der Waals surface area contributed by atoms with Gasteiger partial charge in [-0.1, -0.05) is 30.3 Å². The summed E-state index contributed by atoms with van der Waals surface area (Å²) in [6.45, 7) is 1.84. The minimum Gasteiger partial charge on any atom is -0.427 e. The Balaban J connectivity index is 1.73. The largest absolute Gasteiger partial charge is 0.427 e. The van der Waals surface area contributed by atoms with Crippen molar-refractivity contribution < 1.29 is 19.1 Å². The highest BCUT2D eigenvalue weighted by molar-refractivity contribution is 5.94. The van der Waals surface area contributed by atoms with Gasteiger partial charge in [0.15, 0.2) is 5.78 Å². The molecule has 0 bridgehead atoms. The molecule has 0 aliphatic carbocycles. The number of hydrogen-bond acceptors (Lipinski definition) is 4. The van der Waals surface area contributed by atoms with Gasteiger partial charge in [-0.15, -0.1) is 0 Å². The van der Waals surface area contributed by atoms with Crippen LogP contribution in [-0.4, -0.2) is 24.2 Å². The zero-order valence-electron chi connectivity index (χ0n) is 13.5. The van der Waals surface area contributed by atoms with Crippen molar-refractivity contribution in [3.05, 3.63) is 65.7 Å². The van der Waals surface area contributed by atoms with Crippen molar-refractivity contribution in [2.75, 3.05) is 6.54 Å². The highest BCUT2D eigenvalue weighted by Crippen LogP contribution is 2.14. The van der Waals surface area contributed by atoms with E-state index in [0.29, 0.717) is 29.8 Å². The average molecular weight is 325 g/mol. The maximum absolute atomic E-state index is 11.8. The van der Waals surface area contributed by atoms with Crippen molar-refractivity contribution in [3.8, 4) is 5.75 Å². The zero-order valence-corrected chi connectivity index (χ0v) is 13.5. The van der Waals surface area contributed by atoms with Gasteiger partial charge in [0.05, 0.1) is 0 Å². The third-order valence-corrected chi connectivity index (χ3v) is 3.35. The molecular weight excluding hydrogens is 306 g/mol. The van der Waals surface area contributed by atoms with Crippen LogP contribution < -0.4 is 10.1 Å². The SMILES string of the molecule is CC(=O)c1cccc(OC(=O)CCCNC(=O)c2ccccc2)c1. The molecule has 2 aromatic carbocycles. The summed E-state index contributed by atoms with van der Waals surface area (Å²) in [5.41, 5.74) is 1.08. The van der Waals surface area contributed by atoms with E-state index in [1.165, 1.54) is 13.0 Å². The Kier molecular flexibility index (Phi) is 6.25. The number of amides is 1. The fraction of sp³-hybridized carbons (Fsp3) is 0.211. The van der Waals surface area contributed by atoms with E-state index in [4.69, 9.17) is 4.74 Å². The van der Waals surface area contributed by atoms with E-state index >= 15 is 0 Å². The van der Waals surface area contributed by atoms with Crippen LogP contribution >= 0.6 is 0 Å². The number of Topliss-reactive ketones (excluding diaryl/α,β-unsaturated/α-hetero) is 1. The quantitative estimate of drug-likeness (QED) is 0.368. The second-order valence-electron chi connectivity index (χ2n) is 5.28. The lowest BCUT2D eigenvalue weighted by Crippen LogP contribution is -2.25. The standard InChI is InChI=1S/C19H19NO4/c1-14(21)16-9-5-10-17(13-16)24-18(22)11-6-12-20-19(23)15-7-3-2-4-8-15/h2-5,7-10,13H,6,11-12H2,1H3,(H,20,23). The van der Waals surface area contributed by atoms with Crippen LogP contribution in [0.1, 0.15) is 40.5 Å². The van der Waals surface area contributed by atoms with E-state index in [0.717, 1.165) is 0 Å². The van der Waals surface area contributed by atoms with E-state index in [2.05, 4.69) is 5.32 Å². The topological polar surface area (TPSA) is 72.5 Å². The predicted molar refractivity (Wildman–Crippen MR) is 90.1 cm³/mol. The lowest BCUT2D eigenvalue weighted by molar-refractivity contribution is -0.134. The number of nitrogens with one attached hydrogen (secondary N) is 1. The molecule has 1 amide bonds. The Labute approximate surface area is 140 Å². The van der Waals surface area contributed by atoms with Crippen LogP contribution in [0.5, 0.6) is 5.75 Å². The van der Waals surface area contributed by atoms with Crippen LogP contribution in [0.3, 0.4) is 0 Å². The summed E-state index contributed by atoms with van der Waals surface area (Å²) in [5, 5.41) is 2.75. The number of hydrogen-bond donors (Lipinski definition) is 1. The third-order valence-electron chi connectivity index (χ3n) is 3.35. The maximum atomic E-state index is 11.8. The van der Waals surface area contributed by atoms with Gasteiger partial charge in [-0.25, -0.2) is 0 Å². The van der Waals surface area contributed by atoms with Gasteiger partial charge >= 0.3 is 5.97 Å². The van der Waals surface area contributed by atoms with E-state index in [-0.39, 0.29) is 18.1 Å². The Morgan fingerprint density at radius 2 is 1.67 bits per heavy atom. The number of benzene rings is 2.